The van der Waals surface area contributed by atoms with Crippen LogP contribution in [0.15, 0.2) is 35.1 Å². The van der Waals surface area contributed by atoms with Gasteiger partial charge in [-0.1, -0.05) is 18.2 Å². The first-order chi connectivity index (χ1) is 6.20. The molecule has 13 heavy (non-hydrogen) atoms. The maximum absolute atomic E-state index is 11.4. The second-order valence-electron chi connectivity index (χ2n) is 2.96. The number of hydrogen-bond acceptors (Lipinski definition) is 1. The number of hydrogen-bond donors (Lipinski definition) is 0. The van der Waals surface area contributed by atoms with Gasteiger partial charge >= 0.3 is 0 Å². The van der Waals surface area contributed by atoms with Gasteiger partial charge in [0.15, 0.2) is 0 Å². The Kier molecular flexibility index (Phi) is 2.11. The van der Waals surface area contributed by atoms with E-state index in [9.17, 15) is 4.79 Å². The zero-order valence-corrected chi connectivity index (χ0v) is 9.28. The van der Waals surface area contributed by atoms with E-state index < -0.39 is 0 Å². The van der Waals surface area contributed by atoms with Crippen molar-refractivity contribution in [3.63, 3.8) is 0 Å². The molecule has 2 rings (SSSR count). The number of fused-ring (bicyclic) bond motifs is 1. The van der Waals surface area contributed by atoms with E-state index in [1.807, 2.05) is 54.1 Å². The summed E-state index contributed by atoms with van der Waals surface area (Å²) in [7, 11) is 0. The summed E-state index contributed by atoms with van der Waals surface area (Å²) in [5, 5.41) is 1.14. The molecule has 1 heterocycles. The monoisotopic (exact) mass is 285 g/mol. The van der Waals surface area contributed by atoms with Crippen molar-refractivity contribution in [3.05, 3.63) is 46.2 Å². The van der Waals surface area contributed by atoms with Gasteiger partial charge in [0.2, 0.25) is 0 Å². The molecule has 0 aliphatic heterocycles. The molecule has 2 aromatic rings. The molecule has 66 valence electrons. The molecule has 0 N–H and O–H groups in total. The zero-order valence-electron chi connectivity index (χ0n) is 7.12. The Morgan fingerprint density at radius 1 is 1.31 bits per heavy atom. The summed E-state index contributed by atoms with van der Waals surface area (Å²) in [6.07, 6.45) is 0. The van der Waals surface area contributed by atoms with Crippen LogP contribution in [0.25, 0.3) is 10.9 Å². The standard InChI is InChI=1S/C10H8INO/c1-7-6-10(13)12(11)9-5-3-2-4-8(7)9/h2-6H,1H3. The van der Waals surface area contributed by atoms with Crippen LogP contribution in [0.3, 0.4) is 0 Å². The number of aromatic nitrogens is 1. The molecule has 0 unspecified atom stereocenters. The molecular weight excluding hydrogens is 277 g/mol. The molecule has 1 aromatic heterocycles. The third-order valence-electron chi connectivity index (χ3n) is 2.07. The highest BCUT2D eigenvalue weighted by atomic mass is 127. The van der Waals surface area contributed by atoms with Gasteiger partial charge in [-0.05, 0) is 18.6 Å². The first-order valence-corrected chi connectivity index (χ1v) is 4.94. The van der Waals surface area contributed by atoms with E-state index in [0.717, 1.165) is 16.5 Å². The Balaban J connectivity index is 3.06. The van der Waals surface area contributed by atoms with Crippen LogP contribution in [-0.4, -0.2) is 2.78 Å². The van der Waals surface area contributed by atoms with Crippen LogP contribution in [0.5, 0.6) is 0 Å². The van der Waals surface area contributed by atoms with Crippen LogP contribution in [-0.2, 0) is 0 Å². The minimum Gasteiger partial charge on any atom is -0.269 e. The molecule has 0 saturated heterocycles. The average Bonchev–Trinajstić information content (AvgIpc) is 2.15. The number of halogens is 1. The molecule has 0 fully saturated rings. The Morgan fingerprint density at radius 3 is 2.77 bits per heavy atom. The number of rotatable bonds is 0. The lowest BCUT2D eigenvalue weighted by molar-refractivity contribution is 1.24. The van der Waals surface area contributed by atoms with Gasteiger partial charge in [-0.25, -0.2) is 2.78 Å². The number of para-hydroxylation sites is 1. The molecule has 0 aliphatic rings. The van der Waals surface area contributed by atoms with Gasteiger partial charge < -0.3 is 0 Å². The lowest BCUT2D eigenvalue weighted by Crippen LogP contribution is -2.11. The van der Waals surface area contributed by atoms with Crippen molar-refractivity contribution in [1.82, 2.24) is 2.78 Å². The molecule has 1 aromatic carbocycles. The minimum atomic E-state index is 0.0387. The molecular formula is C10H8INO. The van der Waals surface area contributed by atoms with Crippen molar-refractivity contribution in [3.8, 4) is 0 Å². The largest absolute Gasteiger partial charge is 0.269 e. The molecule has 0 bridgehead atoms. The van der Waals surface area contributed by atoms with E-state index in [1.54, 1.807) is 8.85 Å². The number of nitrogens with zero attached hydrogens (tertiary/aromatic N) is 1. The number of pyridine rings is 1. The summed E-state index contributed by atoms with van der Waals surface area (Å²) in [4.78, 5) is 11.4. The van der Waals surface area contributed by atoms with Gasteiger partial charge in [0.25, 0.3) is 5.56 Å². The maximum Gasteiger partial charge on any atom is 0.260 e. The molecule has 0 saturated carbocycles. The summed E-state index contributed by atoms with van der Waals surface area (Å²) < 4.78 is 1.64. The Labute approximate surface area is 89.7 Å². The zero-order chi connectivity index (χ0) is 9.42. The molecule has 0 spiro atoms. The van der Waals surface area contributed by atoms with Crippen LogP contribution in [0.2, 0.25) is 0 Å². The maximum atomic E-state index is 11.4. The van der Waals surface area contributed by atoms with Crippen molar-refractivity contribution in [2.45, 2.75) is 6.92 Å². The molecule has 0 amide bonds. The van der Waals surface area contributed by atoms with Crippen molar-refractivity contribution in [1.29, 1.82) is 0 Å². The Hall–Kier alpha value is -0.840. The number of aryl methyl sites for hydroxylation is 1. The van der Waals surface area contributed by atoms with E-state index >= 15 is 0 Å². The van der Waals surface area contributed by atoms with Crippen molar-refractivity contribution >= 4 is 33.8 Å². The molecule has 0 radical (unpaired) electrons. The smallest absolute Gasteiger partial charge is 0.260 e. The van der Waals surface area contributed by atoms with Crippen LogP contribution in [0.4, 0.5) is 0 Å². The molecule has 0 atom stereocenters. The highest BCUT2D eigenvalue weighted by molar-refractivity contribution is 14.1. The van der Waals surface area contributed by atoms with Crippen LogP contribution in [0.1, 0.15) is 5.56 Å². The minimum absolute atomic E-state index is 0.0387. The highest BCUT2D eigenvalue weighted by Gasteiger charge is 2.01. The van der Waals surface area contributed by atoms with E-state index in [-0.39, 0.29) is 5.56 Å². The van der Waals surface area contributed by atoms with Crippen LogP contribution < -0.4 is 5.56 Å². The average molecular weight is 285 g/mol. The van der Waals surface area contributed by atoms with Crippen molar-refractivity contribution in [2.75, 3.05) is 0 Å². The quantitative estimate of drug-likeness (QED) is 0.682. The van der Waals surface area contributed by atoms with E-state index in [2.05, 4.69) is 0 Å². The lowest BCUT2D eigenvalue weighted by atomic mass is 10.1. The predicted octanol–water partition coefficient (Wildman–Crippen LogP) is 2.51. The first kappa shape index (κ1) is 8.74. The summed E-state index contributed by atoms with van der Waals surface area (Å²) in [6, 6.07) is 9.57. The molecule has 3 heteroatoms. The second-order valence-corrected chi connectivity index (χ2v) is 3.93. The van der Waals surface area contributed by atoms with Gasteiger partial charge in [-0.2, -0.15) is 0 Å². The third-order valence-corrected chi connectivity index (χ3v) is 3.07. The normalized spacial score (nSPS) is 10.6. The summed E-state index contributed by atoms with van der Waals surface area (Å²) in [5.74, 6) is 0. The van der Waals surface area contributed by atoms with Gasteiger partial charge in [0, 0.05) is 11.5 Å². The van der Waals surface area contributed by atoms with Gasteiger partial charge in [-0.15, -0.1) is 0 Å². The summed E-state index contributed by atoms with van der Waals surface area (Å²) in [6.45, 7) is 1.96. The number of benzene rings is 1. The fraction of sp³-hybridized carbons (Fsp3) is 0.100. The molecule has 2 nitrogen and oxygen atoms in total. The van der Waals surface area contributed by atoms with E-state index in [4.69, 9.17) is 0 Å². The van der Waals surface area contributed by atoms with E-state index in [0.29, 0.717) is 0 Å². The Bertz CT molecular complexity index is 516. The van der Waals surface area contributed by atoms with Crippen molar-refractivity contribution in [2.24, 2.45) is 0 Å². The van der Waals surface area contributed by atoms with Crippen LogP contribution >= 0.6 is 22.9 Å². The van der Waals surface area contributed by atoms with E-state index in [1.165, 1.54) is 0 Å². The molecule has 0 aliphatic carbocycles. The lowest BCUT2D eigenvalue weighted by Gasteiger charge is -2.04. The summed E-state index contributed by atoms with van der Waals surface area (Å²) in [5.41, 5.74) is 2.05. The fourth-order valence-corrected chi connectivity index (χ4v) is 1.98. The Morgan fingerprint density at radius 2 is 2.00 bits per heavy atom. The van der Waals surface area contributed by atoms with Gasteiger partial charge in [0.1, 0.15) is 0 Å². The highest BCUT2D eigenvalue weighted by Crippen LogP contribution is 2.16. The van der Waals surface area contributed by atoms with Crippen LogP contribution in [0, 0.1) is 6.92 Å². The second kappa shape index (κ2) is 3.14. The fourth-order valence-electron chi connectivity index (χ4n) is 1.42. The predicted molar refractivity (Wildman–Crippen MR) is 62.4 cm³/mol. The SMILES string of the molecule is Cc1cc(=O)n(I)c2ccccc12. The van der Waals surface area contributed by atoms with Gasteiger partial charge in [-0.3, -0.25) is 4.79 Å². The topological polar surface area (TPSA) is 22.0 Å². The third kappa shape index (κ3) is 1.37. The van der Waals surface area contributed by atoms with Crippen molar-refractivity contribution < 1.29 is 0 Å². The van der Waals surface area contributed by atoms with Gasteiger partial charge in [0.05, 0.1) is 28.4 Å². The first-order valence-electron chi connectivity index (χ1n) is 3.98. The summed E-state index contributed by atoms with van der Waals surface area (Å²) >= 11 is 2.02.